The van der Waals surface area contributed by atoms with E-state index < -0.39 is 5.91 Å². The van der Waals surface area contributed by atoms with E-state index in [1.165, 1.54) is 31.4 Å². The van der Waals surface area contributed by atoms with Gasteiger partial charge in [0.1, 0.15) is 12.3 Å². The van der Waals surface area contributed by atoms with Crippen LogP contribution in [0, 0.1) is 0 Å². The van der Waals surface area contributed by atoms with Crippen molar-refractivity contribution < 1.29 is 9.21 Å². The Hall–Kier alpha value is -0.900. The first-order valence-electron chi connectivity index (χ1n) is 8.67. The van der Waals surface area contributed by atoms with E-state index in [0.29, 0.717) is 18.3 Å². The summed E-state index contributed by atoms with van der Waals surface area (Å²) in [4.78, 5) is 15.6. The average Bonchev–Trinajstić information content (AvgIpc) is 3.03. The minimum absolute atomic E-state index is 0. The van der Waals surface area contributed by atoms with Crippen LogP contribution < -0.4 is 16.4 Å². The second-order valence-electron chi connectivity index (χ2n) is 5.91. The van der Waals surface area contributed by atoms with E-state index >= 15 is 0 Å². The first-order chi connectivity index (χ1) is 11.6. The molecule has 1 amide bonds. The maximum atomic E-state index is 11.1. The number of nitrogens with zero attached hydrogens (tertiary/aromatic N) is 1. The minimum atomic E-state index is -0.558. The molecule has 4 N–H and O–H groups in total. The van der Waals surface area contributed by atoms with Crippen molar-refractivity contribution in [2.24, 2.45) is 10.7 Å². The Morgan fingerprint density at radius 1 is 1.40 bits per heavy atom. The second kappa shape index (κ2) is 11.7. The SMILES string of the molecule is CCNC(=NCc1ccc(C(N)=O)o1)NC1CCCC(SCC)C1.I. The van der Waals surface area contributed by atoms with Crippen molar-refractivity contribution in [3.05, 3.63) is 23.7 Å². The molecule has 2 unspecified atom stereocenters. The number of halogens is 1. The van der Waals surface area contributed by atoms with Crippen LogP contribution >= 0.6 is 35.7 Å². The Morgan fingerprint density at radius 3 is 2.84 bits per heavy atom. The number of primary amides is 1. The number of aliphatic imine (C=N–C) groups is 1. The van der Waals surface area contributed by atoms with E-state index in [1.807, 2.05) is 6.92 Å². The zero-order valence-corrected chi connectivity index (χ0v) is 18.1. The highest BCUT2D eigenvalue weighted by molar-refractivity contribution is 14.0. The first-order valence-corrected chi connectivity index (χ1v) is 9.72. The number of carbonyl (C=O) groups excluding carboxylic acids is 1. The van der Waals surface area contributed by atoms with Crippen LogP contribution in [-0.4, -0.2) is 35.5 Å². The highest BCUT2D eigenvalue weighted by Gasteiger charge is 2.22. The summed E-state index contributed by atoms with van der Waals surface area (Å²) in [7, 11) is 0. The predicted octanol–water partition coefficient (Wildman–Crippen LogP) is 3.12. The summed E-state index contributed by atoms with van der Waals surface area (Å²) in [5, 5.41) is 7.56. The van der Waals surface area contributed by atoms with Gasteiger partial charge in [0, 0.05) is 17.8 Å². The number of guanidine groups is 1. The first kappa shape index (κ1) is 22.1. The maximum Gasteiger partial charge on any atom is 0.284 e. The smallest absolute Gasteiger partial charge is 0.284 e. The summed E-state index contributed by atoms with van der Waals surface area (Å²) >= 11 is 2.05. The Kier molecular flexibility index (Phi) is 10.3. The molecule has 0 aliphatic heterocycles. The van der Waals surface area contributed by atoms with E-state index in [-0.39, 0.29) is 29.7 Å². The lowest BCUT2D eigenvalue weighted by Crippen LogP contribution is -2.45. The molecule has 6 nitrogen and oxygen atoms in total. The summed E-state index contributed by atoms with van der Waals surface area (Å²) in [5.41, 5.74) is 5.20. The van der Waals surface area contributed by atoms with Crippen LogP contribution in [0.25, 0.3) is 0 Å². The Morgan fingerprint density at radius 2 is 2.20 bits per heavy atom. The molecule has 1 heterocycles. The third-order valence-electron chi connectivity index (χ3n) is 4.01. The van der Waals surface area contributed by atoms with Crippen LogP contribution in [0.3, 0.4) is 0 Å². The molecule has 2 atom stereocenters. The average molecular weight is 480 g/mol. The van der Waals surface area contributed by atoms with E-state index in [1.54, 1.807) is 12.1 Å². The third-order valence-corrected chi connectivity index (χ3v) is 5.24. The summed E-state index contributed by atoms with van der Waals surface area (Å²) in [5.74, 6) is 2.21. The Balaban J connectivity index is 0.00000312. The number of rotatable bonds is 7. The molecule has 1 aliphatic carbocycles. The van der Waals surface area contributed by atoms with Crippen LogP contribution in [0.15, 0.2) is 21.5 Å². The van der Waals surface area contributed by atoms with Crippen molar-refractivity contribution >= 4 is 47.6 Å². The van der Waals surface area contributed by atoms with Crippen molar-refractivity contribution in [2.75, 3.05) is 12.3 Å². The van der Waals surface area contributed by atoms with Crippen molar-refractivity contribution in [2.45, 2.75) is 57.4 Å². The summed E-state index contributed by atoms with van der Waals surface area (Å²) in [6.45, 7) is 5.45. The molecule has 1 fully saturated rings. The topological polar surface area (TPSA) is 92.6 Å². The van der Waals surface area contributed by atoms with Gasteiger partial charge in [-0.15, -0.1) is 24.0 Å². The molecule has 1 aliphatic rings. The van der Waals surface area contributed by atoms with Gasteiger partial charge in [0.25, 0.3) is 5.91 Å². The van der Waals surface area contributed by atoms with Gasteiger partial charge in [0.15, 0.2) is 11.7 Å². The van der Waals surface area contributed by atoms with Crippen molar-refractivity contribution in [3.8, 4) is 0 Å². The van der Waals surface area contributed by atoms with Crippen LogP contribution in [0.2, 0.25) is 0 Å². The van der Waals surface area contributed by atoms with E-state index in [0.717, 1.165) is 17.8 Å². The van der Waals surface area contributed by atoms with Crippen molar-refractivity contribution in [3.63, 3.8) is 0 Å². The number of hydrogen-bond acceptors (Lipinski definition) is 4. The van der Waals surface area contributed by atoms with Crippen LogP contribution in [0.1, 0.15) is 55.8 Å². The predicted molar refractivity (Wildman–Crippen MR) is 115 cm³/mol. The molecule has 1 aromatic heterocycles. The van der Waals surface area contributed by atoms with Gasteiger partial charge in [-0.25, -0.2) is 4.99 Å². The highest BCUT2D eigenvalue weighted by Crippen LogP contribution is 2.28. The molecular formula is C17H29IN4O2S. The van der Waals surface area contributed by atoms with Crippen molar-refractivity contribution in [1.82, 2.24) is 10.6 Å². The van der Waals surface area contributed by atoms with Gasteiger partial charge in [0.05, 0.1) is 0 Å². The lowest BCUT2D eigenvalue weighted by Gasteiger charge is -2.30. The molecule has 0 aromatic carbocycles. The number of nitrogens with one attached hydrogen (secondary N) is 2. The van der Waals surface area contributed by atoms with Gasteiger partial charge in [-0.1, -0.05) is 13.3 Å². The van der Waals surface area contributed by atoms with Crippen LogP contribution in [0.5, 0.6) is 0 Å². The molecule has 142 valence electrons. The molecule has 8 heteroatoms. The maximum absolute atomic E-state index is 11.1. The molecule has 2 rings (SSSR count). The largest absolute Gasteiger partial charge is 0.454 e. The summed E-state index contributed by atoms with van der Waals surface area (Å²) in [6.07, 6.45) is 4.93. The monoisotopic (exact) mass is 480 g/mol. The fraction of sp³-hybridized carbons (Fsp3) is 0.647. The number of nitrogens with two attached hydrogens (primary N) is 1. The van der Waals surface area contributed by atoms with Crippen molar-refractivity contribution in [1.29, 1.82) is 0 Å². The molecule has 25 heavy (non-hydrogen) atoms. The van der Waals surface area contributed by atoms with Gasteiger partial charge in [-0.2, -0.15) is 11.8 Å². The number of thioether (sulfide) groups is 1. The molecular weight excluding hydrogens is 451 g/mol. The standard InChI is InChI=1S/C17H28N4O2S.HI/c1-3-19-17(20-11-13-8-9-15(23-13)16(18)22)21-12-6-5-7-14(10-12)24-4-2;/h8-9,12,14H,3-7,10-11H2,1-2H3,(H2,18,22)(H2,19,20,21);1H. The number of amides is 1. The Bertz CT molecular complexity index is 563. The zero-order chi connectivity index (χ0) is 17.4. The normalized spacial score (nSPS) is 20.6. The second-order valence-corrected chi connectivity index (χ2v) is 7.49. The van der Waals surface area contributed by atoms with Gasteiger partial charge in [0.2, 0.25) is 0 Å². The summed E-state index contributed by atoms with van der Waals surface area (Å²) < 4.78 is 5.37. The molecule has 0 bridgehead atoms. The summed E-state index contributed by atoms with van der Waals surface area (Å²) in [6, 6.07) is 3.78. The van der Waals surface area contributed by atoms with Gasteiger partial charge < -0.3 is 20.8 Å². The van der Waals surface area contributed by atoms with Crippen LogP contribution in [-0.2, 0) is 6.54 Å². The fourth-order valence-electron chi connectivity index (χ4n) is 2.93. The third kappa shape index (κ3) is 7.47. The van der Waals surface area contributed by atoms with Gasteiger partial charge >= 0.3 is 0 Å². The van der Waals surface area contributed by atoms with E-state index in [2.05, 4.69) is 34.3 Å². The molecule has 1 saturated carbocycles. The highest BCUT2D eigenvalue weighted by atomic mass is 127. The Labute approximate surface area is 171 Å². The number of hydrogen-bond donors (Lipinski definition) is 3. The van der Waals surface area contributed by atoms with Gasteiger partial charge in [-0.05, 0) is 44.1 Å². The molecule has 0 saturated heterocycles. The number of carbonyl (C=O) groups is 1. The lowest BCUT2D eigenvalue weighted by molar-refractivity contribution is 0.0972. The number of furan rings is 1. The van der Waals surface area contributed by atoms with E-state index in [4.69, 9.17) is 10.2 Å². The fourth-order valence-corrected chi connectivity index (χ4v) is 4.10. The van der Waals surface area contributed by atoms with Crippen LogP contribution in [0.4, 0.5) is 0 Å². The van der Waals surface area contributed by atoms with Gasteiger partial charge in [-0.3, -0.25) is 4.79 Å². The molecule has 1 aromatic rings. The quantitative estimate of drug-likeness (QED) is 0.317. The van der Waals surface area contributed by atoms with E-state index in [9.17, 15) is 4.79 Å². The minimum Gasteiger partial charge on any atom is -0.454 e. The molecule has 0 spiro atoms. The molecule has 0 radical (unpaired) electrons. The zero-order valence-electron chi connectivity index (χ0n) is 14.9. The lowest BCUT2D eigenvalue weighted by atomic mass is 9.95.